The minimum Gasteiger partial charge on any atom is -0.455 e. The fourth-order valence-corrected chi connectivity index (χ4v) is 9.75. The van der Waals surface area contributed by atoms with E-state index in [0.29, 0.717) is 0 Å². The van der Waals surface area contributed by atoms with Crippen LogP contribution in [-0.4, -0.2) is 9.13 Å². The lowest BCUT2D eigenvalue weighted by atomic mass is 10.0. The van der Waals surface area contributed by atoms with Crippen LogP contribution in [0, 0.1) is 0 Å². The van der Waals surface area contributed by atoms with E-state index in [4.69, 9.17) is 4.42 Å². The molecule has 12 aromatic rings. The van der Waals surface area contributed by atoms with Crippen molar-refractivity contribution in [2.24, 2.45) is 0 Å². The highest BCUT2D eigenvalue weighted by Gasteiger charge is 2.26. The van der Waals surface area contributed by atoms with E-state index in [1.165, 1.54) is 76.9 Å². The molecule has 13 rings (SSSR count). The molecule has 254 valence electrons. The standard InChI is InChI=1S/C52H30N2O/c1-2-12-31(13-3-1)32-14-10-16-34(28-32)54-46-26-24-40-38-19-7-9-23-47(38)55-52(40)50(46)42-25-27-45-49(51(42)54)41-20-6-8-22-44(41)53(45)35-29-33-15-11-21-39-36-17-4-5-18-37(36)43(30-35)48(33)39/h1-30H. The van der Waals surface area contributed by atoms with Crippen molar-refractivity contribution in [3.8, 4) is 44.8 Å². The van der Waals surface area contributed by atoms with Crippen LogP contribution in [0.5, 0.6) is 0 Å². The maximum atomic E-state index is 6.77. The Bertz CT molecular complexity index is 3600. The molecule has 0 spiro atoms. The molecule has 0 bridgehead atoms. The molecule has 0 unspecified atom stereocenters. The minimum absolute atomic E-state index is 0.906. The normalized spacial score (nSPS) is 12.4. The number of fused-ring (bicyclic) bond motifs is 14. The van der Waals surface area contributed by atoms with Crippen molar-refractivity contribution in [2.45, 2.75) is 0 Å². The number of hydrogen-bond acceptors (Lipinski definition) is 1. The van der Waals surface area contributed by atoms with Gasteiger partial charge in [-0.3, -0.25) is 0 Å². The van der Waals surface area contributed by atoms with E-state index in [0.717, 1.165) is 44.2 Å². The maximum absolute atomic E-state index is 6.77. The molecule has 1 aliphatic carbocycles. The lowest BCUT2D eigenvalue weighted by Gasteiger charge is -2.13. The summed E-state index contributed by atoms with van der Waals surface area (Å²) >= 11 is 0. The van der Waals surface area contributed by atoms with Gasteiger partial charge in [0.2, 0.25) is 0 Å². The zero-order valence-corrected chi connectivity index (χ0v) is 29.6. The zero-order chi connectivity index (χ0) is 35.8. The number of para-hydroxylation sites is 2. The molecule has 3 heterocycles. The molecule has 0 fully saturated rings. The third kappa shape index (κ3) is 3.84. The number of aromatic nitrogens is 2. The average Bonchev–Trinajstić information content (AvgIpc) is 3.98. The number of rotatable bonds is 3. The predicted octanol–water partition coefficient (Wildman–Crippen LogP) is 14.2. The molecule has 0 saturated heterocycles. The van der Waals surface area contributed by atoms with Crippen LogP contribution in [-0.2, 0) is 0 Å². The Labute approximate surface area is 315 Å². The molecule has 3 heteroatoms. The zero-order valence-electron chi connectivity index (χ0n) is 29.6. The van der Waals surface area contributed by atoms with Crippen LogP contribution in [0.4, 0.5) is 0 Å². The molecule has 0 N–H and O–H groups in total. The highest BCUT2D eigenvalue weighted by atomic mass is 16.3. The highest BCUT2D eigenvalue weighted by Crippen LogP contribution is 2.50. The fourth-order valence-electron chi connectivity index (χ4n) is 9.75. The van der Waals surface area contributed by atoms with Crippen LogP contribution >= 0.6 is 0 Å². The lowest BCUT2D eigenvalue weighted by molar-refractivity contribution is 0.673. The van der Waals surface area contributed by atoms with Gasteiger partial charge in [-0.05, 0) is 105 Å². The van der Waals surface area contributed by atoms with E-state index in [1.807, 2.05) is 0 Å². The van der Waals surface area contributed by atoms with Gasteiger partial charge in [-0.25, -0.2) is 0 Å². The van der Waals surface area contributed by atoms with Gasteiger partial charge in [0.25, 0.3) is 0 Å². The van der Waals surface area contributed by atoms with E-state index in [1.54, 1.807) is 0 Å². The van der Waals surface area contributed by atoms with Crippen molar-refractivity contribution in [3.63, 3.8) is 0 Å². The van der Waals surface area contributed by atoms with Crippen molar-refractivity contribution in [1.29, 1.82) is 0 Å². The SMILES string of the molecule is c1ccc(-c2cccc(-n3c4ccc5c6ccccc6oc5c4c4ccc5c(c6ccccc6n5-c5cc6c7c(cccc7c5)-c5ccccc5-6)c43)c2)cc1. The van der Waals surface area contributed by atoms with Crippen molar-refractivity contribution >= 4 is 76.3 Å². The van der Waals surface area contributed by atoms with Crippen LogP contribution < -0.4 is 0 Å². The minimum atomic E-state index is 0.906. The summed E-state index contributed by atoms with van der Waals surface area (Å²) in [7, 11) is 0. The first-order valence-electron chi connectivity index (χ1n) is 18.9. The molecule has 0 atom stereocenters. The summed E-state index contributed by atoms with van der Waals surface area (Å²) in [5.41, 5.74) is 16.4. The van der Waals surface area contributed by atoms with Gasteiger partial charge in [0.05, 0.1) is 27.5 Å². The maximum Gasteiger partial charge on any atom is 0.145 e. The van der Waals surface area contributed by atoms with Crippen LogP contribution in [0.1, 0.15) is 0 Å². The summed E-state index contributed by atoms with van der Waals surface area (Å²) in [6.07, 6.45) is 0. The van der Waals surface area contributed by atoms with Crippen LogP contribution in [0.15, 0.2) is 186 Å². The topological polar surface area (TPSA) is 23.0 Å². The molecular weight excluding hydrogens is 669 g/mol. The molecule has 0 aliphatic heterocycles. The first-order chi connectivity index (χ1) is 27.3. The van der Waals surface area contributed by atoms with Gasteiger partial charge in [0, 0.05) is 38.3 Å². The van der Waals surface area contributed by atoms with Gasteiger partial charge in [0.15, 0.2) is 0 Å². The summed E-state index contributed by atoms with van der Waals surface area (Å²) in [5, 5.41) is 9.62. The molecule has 3 aromatic heterocycles. The molecule has 9 aromatic carbocycles. The highest BCUT2D eigenvalue weighted by molar-refractivity contribution is 6.31. The van der Waals surface area contributed by atoms with Crippen LogP contribution in [0.2, 0.25) is 0 Å². The molecule has 55 heavy (non-hydrogen) atoms. The second-order valence-electron chi connectivity index (χ2n) is 14.8. The Morgan fingerprint density at radius 1 is 0.345 bits per heavy atom. The number of furan rings is 1. The van der Waals surface area contributed by atoms with E-state index in [9.17, 15) is 0 Å². The molecule has 0 saturated carbocycles. The van der Waals surface area contributed by atoms with Gasteiger partial charge in [-0.2, -0.15) is 0 Å². The average molecular weight is 699 g/mol. The number of benzene rings is 9. The van der Waals surface area contributed by atoms with Crippen LogP contribution in [0.25, 0.3) is 121 Å². The first kappa shape index (κ1) is 29.1. The van der Waals surface area contributed by atoms with Gasteiger partial charge in [-0.1, -0.05) is 121 Å². The van der Waals surface area contributed by atoms with Crippen LogP contribution in [0.3, 0.4) is 0 Å². The molecule has 1 aliphatic rings. The quantitative estimate of drug-likeness (QED) is 0.180. The van der Waals surface area contributed by atoms with Crippen molar-refractivity contribution < 1.29 is 4.42 Å². The Balaban J connectivity index is 1.19. The number of nitrogens with zero attached hydrogens (tertiary/aromatic N) is 2. The van der Waals surface area contributed by atoms with E-state index in [-0.39, 0.29) is 0 Å². The second kappa shape index (κ2) is 10.6. The van der Waals surface area contributed by atoms with Gasteiger partial charge >= 0.3 is 0 Å². The summed E-state index contributed by atoms with van der Waals surface area (Å²) in [4.78, 5) is 0. The summed E-state index contributed by atoms with van der Waals surface area (Å²) in [5.74, 6) is 0. The predicted molar refractivity (Wildman–Crippen MR) is 230 cm³/mol. The Morgan fingerprint density at radius 3 is 1.93 bits per heavy atom. The number of hydrogen-bond donors (Lipinski definition) is 0. The van der Waals surface area contributed by atoms with Crippen molar-refractivity contribution in [1.82, 2.24) is 9.13 Å². The molecule has 0 amide bonds. The lowest BCUT2D eigenvalue weighted by Crippen LogP contribution is -1.96. The smallest absolute Gasteiger partial charge is 0.145 e. The Kier molecular flexibility index (Phi) is 5.63. The van der Waals surface area contributed by atoms with Crippen molar-refractivity contribution in [2.75, 3.05) is 0 Å². The third-order valence-electron chi connectivity index (χ3n) is 12.0. The summed E-state index contributed by atoms with van der Waals surface area (Å²) < 4.78 is 11.7. The summed E-state index contributed by atoms with van der Waals surface area (Å²) in [6, 6.07) is 66.4. The monoisotopic (exact) mass is 698 g/mol. The van der Waals surface area contributed by atoms with Gasteiger partial charge < -0.3 is 13.6 Å². The molecular formula is C52H30N2O. The first-order valence-corrected chi connectivity index (χ1v) is 18.9. The third-order valence-corrected chi connectivity index (χ3v) is 12.0. The fraction of sp³-hybridized carbons (Fsp3) is 0. The Hall–Kier alpha value is -7.36. The Morgan fingerprint density at radius 2 is 1.04 bits per heavy atom. The van der Waals surface area contributed by atoms with E-state index < -0.39 is 0 Å². The van der Waals surface area contributed by atoms with E-state index >= 15 is 0 Å². The van der Waals surface area contributed by atoms with Gasteiger partial charge in [0.1, 0.15) is 11.2 Å². The largest absolute Gasteiger partial charge is 0.455 e. The summed E-state index contributed by atoms with van der Waals surface area (Å²) in [6.45, 7) is 0. The molecule has 3 nitrogen and oxygen atoms in total. The van der Waals surface area contributed by atoms with Gasteiger partial charge in [-0.15, -0.1) is 0 Å². The second-order valence-corrected chi connectivity index (χ2v) is 14.8. The van der Waals surface area contributed by atoms with Crippen molar-refractivity contribution in [3.05, 3.63) is 182 Å². The molecule has 0 radical (unpaired) electrons. The van der Waals surface area contributed by atoms with E-state index in [2.05, 4.69) is 191 Å².